The van der Waals surface area contributed by atoms with E-state index in [1.54, 1.807) is 6.08 Å². The molecule has 0 aliphatic rings. The fourth-order valence-electron chi connectivity index (χ4n) is 2.69. The molecule has 0 unspecified atom stereocenters. The molecular weight excluding hydrogens is 477 g/mol. The molecule has 0 radical (unpaired) electrons. The molecule has 0 aliphatic carbocycles. The number of hydrogen-bond donors (Lipinski definition) is 0. The van der Waals surface area contributed by atoms with Crippen molar-refractivity contribution in [1.29, 1.82) is 5.26 Å². The summed E-state index contributed by atoms with van der Waals surface area (Å²) in [6.45, 7) is 0. The zero-order valence-electron chi connectivity index (χ0n) is 14.2. The predicted molar refractivity (Wildman–Crippen MR) is 120 cm³/mol. The number of nitriles is 1. The fraction of sp³-hybridized carbons (Fsp3) is 0. The van der Waals surface area contributed by atoms with E-state index in [2.05, 4.69) is 32.0 Å². The van der Waals surface area contributed by atoms with Crippen molar-refractivity contribution < 1.29 is 0 Å². The fourth-order valence-corrected chi connectivity index (χ4v) is 4.19. The van der Waals surface area contributed by atoms with E-state index in [1.807, 2.05) is 53.9 Å². The predicted octanol–water partition coefficient (Wildman–Crippen LogP) is 7.49. The van der Waals surface area contributed by atoms with Gasteiger partial charge in [-0.2, -0.15) is 5.26 Å². The standard InChI is InChI=1S/C21H10BrCl2N3S/c22-16-3-6-18-13(9-16)7-14(20(24)26-18)8-15(10-25)21-27-19(11-28-21)12-1-4-17(23)5-2-12/h1-9,11H. The molecule has 2 aromatic carbocycles. The maximum atomic E-state index is 9.67. The van der Waals surface area contributed by atoms with E-state index in [9.17, 15) is 5.26 Å². The second-order valence-corrected chi connectivity index (χ2v) is 8.49. The maximum Gasteiger partial charge on any atom is 0.137 e. The number of pyridine rings is 1. The van der Waals surface area contributed by atoms with E-state index in [4.69, 9.17) is 23.2 Å². The van der Waals surface area contributed by atoms with Gasteiger partial charge in [-0.3, -0.25) is 0 Å². The third-order valence-electron chi connectivity index (χ3n) is 4.05. The van der Waals surface area contributed by atoms with Gasteiger partial charge in [0.2, 0.25) is 0 Å². The van der Waals surface area contributed by atoms with E-state index in [1.165, 1.54) is 11.3 Å². The Hall–Kier alpha value is -2.23. The van der Waals surface area contributed by atoms with Crippen molar-refractivity contribution in [3.05, 3.63) is 79.1 Å². The molecule has 4 rings (SSSR count). The van der Waals surface area contributed by atoms with Crippen molar-refractivity contribution in [2.75, 3.05) is 0 Å². The summed E-state index contributed by atoms with van der Waals surface area (Å²) in [5.74, 6) is 0. The van der Waals surface area contributed by atoms with E-state index in [0.717, 1.165) is 26.6 Å². The zero-order valence-corrected chi connectivity index (χ0v) is 18.1. The van der Waals surface area contributed by atoms with Crippen LogP contribution >= 0.6 is 50.5 Å². The first-order valence-electron chi connectivity index (χ1n) is 8.13. The molecule has 7 heteroatoms. The molecular formula is C21H10BrCl2N3S. The first kappa shape index (κ1) is 19.1. The lowest BCUT2D eigenvalue weighted by Crippen LogP contribution is -1.87. The lowest BCUT2D eigenvalue weighted by Gasteiger charge is -2.03. The van der Waals surface area contributed by atoms with Crippen molar-refractivity contribution in [3.63, 3.8) is 0 Å². The van der Waals surface area contributed by atoms with Crippen LogP contribution in [-0.2, 0) is 0 Å². The van der Waals surface area contributed by atoms with Crippen LogP contribution in [0.3, 0.4) is 0 Å². The number of hydrogen-bond acceptors (Lipinski definition) is 4. The van der Waals surface area contributed by atoms with Crippen LogP contribution in [0.15, 0.2) is 58.4 Å². The minimum absolute atomic E-state index is 0.344. The van der Waals surface area contributed by atoms with Crippen LogP contribution in [0, 0.1) is 11.3 Å². The summed E-state index contributed by atoms with van der Waals surface area (Å²) in [5.41, 5.74) is 3.64. The first-order valence-corrected chi connectivity index (χ1v) is 10.6. The Morgan fingerprint density at radius 2 is 1.86 bits per heavy atom. The van der Waals surface area contributed by atoms with Crippen LogP contribution in [0.4, 0.5) is 0 Å². The molecule has 0 bridgehead atoms. The van der Waals surface area contributed by atoms with E-state index < -0.39 is 0 Å². The highest BCUT2D eigenvalue weighted by Crippen LogP contribution is 2.30. The molecule has 136 valence electrons. The third-order valence-corrected chi connectivity index (χ3v) is 5.98. The summed E-state index contributed by atoms with van der Waals surface area (Å²) in [6.07, 6.45) is 1.72. The SMILES string of the molecule is N#CC(=Cc1cc2cc(Br)ccc2nc1Cl)c1nc(-c2ccc(Cl)cc2)cs1. The molecule has 0 amide bonds. The molecule has 0 spiro atoms. The van der Waals surface area contributed by atoms with E-state index in [0.29, 0.717) is 26.3 Å². The summed E-state index contributed by atoms with van der Waals surface area (Å²) in [5, 5.41) is 14.2. The van der Waals surface area contributed by atoms with Gasteiger partial charge in [-0.05, 0) is 42.5 Å². The Morgan fingerprint density at radius 1 is 1.07 bits per heavy atom. The van der Waals surface area contributed by atoms with Gasteiger partial charge in [0.25, 0.3) is 0 Å². The van der Waals surface area contributed by atoms with Crippen molar-refractivity contribution >= 4 is 73.0 Å². The van der Waals surface area contributed by atoms with Crippen LogP contribution in [0.1, 0.15) is 10.6 Å². The average molecular weight is 487 g/mol. The van der Waals surface area contributed by atoms with Gasteiger partial charge < -0.3 is 0 Å². The number of rotatable bonds is 3. The Bertz CT molecular complexity index is 1260. The van der Waals surface area contributed by atoms with Gasteiger partial charge in [0.15, 0.2) is 0 Å². The Morgan fingerprint density at radius 3 is 2.61 bits per heavy atom. The number of allylic oxidation sites excluding steroid dienone is 1. The summed E-state index contributed by atoms with van der Waals surface area (Å²) in [6, 6.07) is 17.3. The summed E-state index contributed by atoms with van der Waals surface area (Å²) < 4.78 is 0.951. The molecule has 0 atom stereocenters. The second kappa shape index (κ2) is 8.02. The van der Waals surface area contributed by atoms with Crippen LogP contribution in [0.5, 0.6) is 0 Å². The lowest BCUT2D eigenvalue weighted by molar-refractivity contribution is 1.36. The maximum absolute atomic E-state index is 9.67. The van der Waals surface area contributed by atoms with Crippen molar-refractivity contribution in [1.82, 2.24) is 9.97 Å². The van der Waals surface area contributed by atoms with Crippen LogP contribution in [0.2, 0.25) is 10.2 Å². The van der Waals surface area contributed by atoms with E-state index >= 15 is 0 Å². The molecule has 28 heavy (non-hydrogen) atoms. The quantitative estimate of drug-likeness (QED) is 0.222. The molecule has 0 saturated carbocycles. The van der Waals surface area contributed by atoms with Crippen LogP contribution in [-0.4, -0.2) is 9.97 Å². The monoisotopic (exact) mass is 485 g/mol. The van der Waals surface area contributed by atoms with Gasteiger partial charge in [0, 0.05) is 31.4 Å². The molecule has 0 aliphatic heterocycles. The lowest BCUT2D eigenvalue weighted by atomic mass is 10.1. The first-order chi connectivity index (χ1) is 13.5. The topological polar surface area (TPSA) is 49.6 Å². The van der Waals surface area contributed by atoms with Gasteiger partial charge in [-0.15, -0.1) is 11.3 Å². The van der Waals surface area contributed by atoms with Gasteiger partial charge in [-0.25, -0.2) is 9.97 Å². The smallest absolute Gasteiger partial charge is 0.137 e. The normalized spacial score (nSPS) is 11.6. The zero-order chi connectivity index (χ0) is 19.7. The largest absolute Gasteiger partial charge is 0.235 e. The van der Waals surface area contributed by atoms with Crippen LogP contribution < -0.4 is 0 Å². The molecule has 2 heterocycles. The highest BCUT2D eigenvalue weighted by Gasteiger charge is 2.11. The number of thiazole rings is 1. The van der Waals surface area contributed by atoms with Crippen molar-refractivity contribution in [3.8, 4) is 17.3 Å². The summed E-state index contributed by atoms with van der Waals surface area (Å²) >= 11 is 17.2. The summed E-state index contributed by atoms with van der Waals surface area (Å²) in [4.78, 5) is 9.02. The van der Waals surface area contributed by atoms with Gasteiger partial charge in [0.05, 0.1) is 16.8 Å². The molecule has 0 saturated heterocycles. The average Bonchev–Trinajstić information content (AvgIpc) is 3.17. The third kappa shape index (κ3) is 3.96. The summed E-state index contributed by atoms with van der Waals surface area (Å²) in [7, 11) is 0. The molecule has 2 aromatic heterocycles. The number of benzene rings is 2. The molecule has 0 N–H and O–H groups in total. The van der Waals surface area contributed by atoms with Crippen molar-refractivity contribution in [2.45, 2.75) is 0 Å². The number of halogens is 3. The molecule has 3 nitrogen and oxygen atoms in total. The van der Waals surface area contributed by atoms with Crippen LogP contribution in [0.25, 0.3) is 33.8 Å². The number of nitrogens with zero attached hydrogens (tertiary/aromatic N) is 3. The molecule has 0 fully saturated rings. The van der Waals surface area contributed by atoms with Gasteiger partial charge >= 0.3 is 0 Å². The Balaban J connectivity index is 1.74. The minimum Gasteiger partial charge on any atom is -0.235 e. The highest BCUT2D eigenvalue weighted by molar-refractivity contribution is 9.10. The Labute approximate surface area is 184 Å². The molecule has 4 aromatic rings. The van der Waals surface area contributed by atoms with Gasteiger partial charge in [0.1, 0.15) is 16.2 Å². The Kier molecular flexibility index (Phi) is 5.47. The second-order valence-electron chi connectivity index (χ2n) is 5.92. The van der Waals surface area contributed by atoms with Gasteiger partial charge in [-0.1, -0.05) is 51.3 Å². The van der Waals surface area contributed by atoms with Crippen molar-refractivity contribution in [2.24, 2.45) is 0 Å². The highest BCUT2D eigenvalue weighted by atomic mass is 79.9. The van der Waals surface area contributed by atoms with E-state index in [-0.39, 0.29) is 0 Å². The number of aromatic nitrogens is 2. The minimum atomic E-state index is 0.344. The number of fused-ring (bicyclic) bond motifs is 1.